The highest BCUT2D eigenvalue weighted by Gasteiger charge is 2.05. The van der Waals surface area contributed by atoms with Crippen molar-refractivity contribution in [1.29, 1.82) is 0 Å². The molecule has 0 spiro atoms. The Labute approximate surface area is 125 Å². The fourth-order valence-electron chi connectivity index (χ4n) is 1.06. The number of Topliss-reactive ketones (excluding diaryl/α,β-unsaturated/α-hetero) is 1. The van der Waals surface area contributed by atoms with E-state index in [4.69, 9.17) is 34.0 Å². The number of ketones is 1. The molecule has 20 heavy (non-hydrogen) atoms. The first-order valence-electron chi connectivity index (χ1n) is 5.36. The Balaban J connectivity index is 0.000000441. The number of aliphatic carboxylic acids is 1. The Kier molecular flexibility index (Phi) is 7.64. The van der Waals surface area contributed by atoms with Crippen LogP contribution in [0.15, 0.2) is 12.1 Å². The average molecular weight is 321 g/mol. The van der Waals surface area contributed by atoms with Gasteiger partial charge in [0.1, 0.15) is 12.2 Å². The Morgan fingerprint density at radius 1 is 1.20 bits per heavy atom. The topological polar surface area (TPSA) is 109 Å². The molecule has 0 saturated heterocycles. The second kappa shape index (κ2) is 8.39. The number of carbonyl (C=O) groups is 3. The van der Waals surface area contributed by atoms with Gasteiger partial charge in [0, 0.05) is 6.92 Å². The van der Waals surface area contributed by atoms with Crippen molar-refractivity contribution in [2.24, 2.45) is 0 Å². The molecule has 0 radical (unpaired) electrons. The second-order valence-electron chi connectivity index (χ2n) is 3.81. The summed E-state index contributed by atoms with van der Waals surface area (Å²) in [6, 6.07) is 3.01. The van der Waals surface area contributed by atoms with Crippen molar-refractivity contribution in [3.8, 4) is 0 Å². The molecule has 0 aromatic heterocycles. The molecule has 0 bridgehead atoms. The average Bonchev–Trinajstić information content (AvgIpc) is 2.24. The molecule has 1 rings (SSSR count). The van der Waals surface area contributed by atoms with E-state index in [9.17, 15) is 14.4 Å². The fourth-order valence-corrected chi connectivity index (χ4v) is 1.44. The van der Waals surface area contributed by atoms with Gasteiger partial charge >= 0.3 is 5.97 Å². The van der Waals surface area contributed by atoms with Crippen LogP contribution in [-0.2, 0) is 14.4 Å². The van der Waals surface area contributed by atoms with E-state index in [1.165, 1.54) is 26.0 Å². The number of hydrogen-bond donors (Lipinski definition) is 3. The normalized spacial score (nSPS) is 9.20. The summed E-state index contributed by atoms with van der Waals surface area (Å²) in [7, 11) is 0. The lowest BCUT2D eigenvalue weighted by molar-refractivity contribution is -0.139. The Morgan fingerprint density at radius 3 is 2.10 bits per heavy atom. The van der Waals surface area contributed by atoms with Crippen molar-refractivity contribution >= 4 is 52.2 Å². The van der Waals surface area contributed by atoms with Crippen molar-refractivity contribution in [2.45, 2.75) is 20.3 Å². The summed E-state index contributed by atoms with van der Waals surface area (Å²) in [6.45, 7) is 2.63. The number of anilines is 2. The van der Waals surface area contributed by atoms with Gasteiger partial charge in [-0.25, -0.2) is 0 Å². The Hall–Kier alpha value is -1.79. The largest absolute Gasteiger partial charge is 0.481 e. The first kappa shape index (κ1) is 18.2. The van der Waals surface area contributed by atoms with Crippen LogP contribution in [0.2, 0.25) is 10.0 Å². The number of carboxylic acid groups (broad SMARTS) is 1. The molecule has 0 unspecified atom stereocenters. The number of nitrogens with one attached hydrogen (secondary N) is 1. The highest BCUT2D eigenvalue weighted by atomic mass is 35.5. The lowest BCUT2D eigenvalue weighted by Gasteiger charge is -2.06. The van der Waals surface area contributed by atoms with Crippen LogP contribution < -0.4 is 11.1 Å². The van der Waals surface area contributed by atoms with E-state index >= 15 is 0 Å². The summed E-state index contributed by atoms with van der Waals surface area (Å²) >= 11 is 11.5. The minimum absolute atomic E-state index is 0.206. The zero-order valence-corrected chi connectivity index (χ0v) is 12.4. The van der Waals surface area contributed by atoms with Gasteiger partial charge in [0.05, 0.1) is 21.4 Å². The lowest BCUT2D eigenvalue weighted by Crippen LogP contribution is -2.06. The maximum absolute atomic E-state index is 10.7. The predicted molar refractivity (Wildman–Crippen MR) is 78.1 cm³/mol. The zero-order valence-electron chi connectivity index (χ0n) is 10.9. The first-order valence-corrected chi connectivity index (χ1v) is 6.12. The monoisotopic (exact) mass is 320 g/mol. The minimum atomic E-state index is -1.06. The number of amides is 1. The zero-order chi connectivity index (χ0) is 15.9. The third-order valence-electron chi connectivity index (χ3n) is 1.80. The van der Waals surface area contributed by atoms with Gasteiger partial charge in [0.2, 0.25) is 5.91 Å². The van der Waals surface area contributed by atoms with E-state index in [0.29, 0.717) is 21.4 Å². The minimum Gasteiger partial charge on any atom is -0.481 e. The number of nitrogen functional groups attached to an aromatic ring is 1. The van der Waals surface area contributed by atoms with Gasteiger partial charge in [0.15, 0.2) is 0 Å². The maximum Gasteiger partial charge on any atom is 0.310 e. The summed E-state index contributed by atoms with van der Waals surface area (Å²) in [5, 5.41) is 11.1. The van der Waals surface area contributed by atoms with Crippen molar-refractivity contribution < 1.29 is 19.5 Å². The smallest absolute Gasteiger partial charge is 0.310 e. The molecule has 1 amide bonds. The van der Waals surface area contributed by atoms with E-state index in [-0.39, 0.29) is 18.1 Å². The van der Waals surface area contributed by atoms with Crippen LogP contribution in [0.25, 0.3) is 0 Å². The van der Waals surface area contributed by atoms with Crippen molar-refractivity contribution in [2.75, 3.05) is 11.1 Å². The maximum atomic E-state index is 10.7. The van der Waals surface area contributed by atoms with Crippen LogP contribution in [0.3, 0.4) is 0 Å². The number of nitrogens with two attached hydrogens (primary N) is 1. The molecule has 0 aliphatic carbocycles. The molecule has 0 aliphatic heterocycles. The highest BCUT2D eigenvalue weighted by molar-refractivity contribution is 6.37. The summed E-state index contributed by atoms with van der Waals surface area (Å²) in [4.78, 5) is 30.2. The molecule has 1 aromatic carbocycles. The second-order valence-corrected chi connectivity index (χ2v) is 4.62. The number of hydrogen-bond acceptors (Lipinski definition) is 4. The van der Waals surface area contributed by atoms with Gasteiger partial charge in [-0.3, -0.25) is 14.4 Å². The first-order chi connectivity index (χ1) is 9.13. The standard InChI is InChI=1S/C8H8Cl2N2O.C4H6O3/c1-4(13)12-8-3-5(9)7(11)2-6(8)10;1-3(5)2-4(6)7/h2-3H,11H2,1H3,(H,12,13);2H2,1H3,(H,6,7). The summed E-state index contributed by atoms with van der Waals surface area (Å²) < 4.78 is 0. The van der Waals surface area contributed by atoms with E-state index in [1.54, 1.807) is 0 Å². The molecule has 8 heteroatoms. The Morgan fingerprint density at radius 2 is 1.75 bits per heavy atom. The quantitative estimate of drug-likeness (QED) is 0.585. The van der Waals surface area contributed by atoms with E-state index < -0.39 is 5.97 Å². The number of halogens is 2. The van der Waals surface area contributed by atoms with Crippen LogP contribution in [0.1, 0.15) is 20.3 Å². The van der Waals surface area contributed by atoms with Crippen LogP contribution >= 0.6 is 23.2 Å². The van der Waals surface area contributed by atoms with Gasteiger partial charge in [-0.15, -0.1) is 0 Å². The van der Waals surface area contributed by atoms with Crippen LogP contribution in [0.4, 0.5) is 11.4 Å². The van der Waals surface area contributed by atoms with Gasteiger partial charge in [-0.05, 0) is 19.1 Å². The molecule has 110 valence electrons. The Bertz CT molecular complexity index is 520. The van der Waals surface area contributed by atoms with Crippen molar-refractivity contribution in [3.05, 3.63) is 22.2 Å². The highest BCUT2D eigenvalue weighted by Crippen LogP contribution is 2.30. The third-order valence-corrected chi connectivity index (χ3v) is 2.44. The van der Waals surface area contributed by atoms with Gasteiger partial charge in [-0.2, -0.15) is 0 Å². The molecule has 1 aromatic rings. The SMILES string of the molecule is CC(=O)CC(=O)O.CC(=O)Nc1cc(Cl)c(N)cc1Cl. The molecule has 0 atom stereocenters. The van der Waals surface area contributed by atoms with Crippen molar-refractivity contribution in [1.82, 2.24) is 0 Å². The number of benzene rings is 1. The van der Waals surface area contributed by atoms with E-state index in [1.807, 2.05) is 0 Å². The molecule has 6 nitrogen and oxygen atoms in total. The number of carbonyl (C=O) groups excluding carboxylic acids is 2. The van der Waals surface area contributed by atoms with Gasteiger partial charge < -0.3 is 16.2 Å². The van der Waals surface area contributed by atoms with Crippen LogP contribution in [0.5, 0.6) is 0 Å². The number of rotatable bonds is 3. The molecule has 0 fully saturated rings. The van der Waals surface area contributed by atoms with Crippen LogP contribution in [-0.4, -0.2) is 22.8 Å². The molecule has 0 saturated carbocycles. The summed E-state index contributed by atoms with van der Waals surface area (Å²) in [5.74, 6) is -1.58. The third kappa shape index (κ3) is 7.60. The molecule has 0 aliphatic rings. The van der Waals surface area contributed by atoms with Gasteiger partial charge in [-0.1, -0.05) is 23.2 Å². The predicted octanol–water partition coefficient (Wildman–Crippen LogP) is 2.58. The summed E-state index contributed by atoms with van der Waals surface area (Å²) in [6.07, 6.45) is -0.361. The fraction of sp³-hybridized carbons (Fsp3) is 0.250. The van der Waals surface area contributed by atoms with E-state index in [2.05, 4.69) is 5.32 Å². The van der Waals surface area contributed by atoms with Gasteiger partial charge in [0.25, 0.3) is 0 Å². The molecular formula is C12H14Cl2N2O4. The van der Waals surface area contributed by atoms with Crippen LogP contribution in [0, 0.1) is 0 Å². The molecular weight excluding hydrogens is 307 g/mol. The molecule has 0 heterocycles. The molecule has 4 N–H and O–H groups in total. The van der Waals surface area contributed by atoms with Crippen molar-refractivity contribution in [3.63, 3.8) is 0 Å². The summed E-state index contributed by atoms with van der Waals surface area (Å²) in [5.41, 5.74) is 6.35. The van der Waals surface area contributed by atoms with E-state index in [0.717, 1.165) is 0 Å². The number of carboxylic acids is 1. The lowest BCUT2D eigenvalue weighted by atomic mass is 10.3.